The molecule has 9 nitrogen and oxygen atoms in total. The number of carbonyl (C=O) groups excluding carboxylic acids is 1. The monoisotopic (exact) mass is 371 g/mol. The van der Waals surface area contributed by atoms with Crippen LogP contribution in [0.3, 0.4) is 0 Å². The summed E-state index contributed by atoms with van der Waals surface area (Å²) in [5.74, 6) is 0.393. The molecule has 0 bridgehead atoms. The normalized spacial score (nSPS) is 13.9. The fourth-order valence-electron chi connectivity index (χ4n) is 2.85. The highest BCUT2D eigenvalue weighted by atomic mass is 16.6. The Morgan fingerprint density at radius 1 is 1.26 bits per heavy atom. The van der Waals surface area contributed by atoms with Crippen molar-refractivity contribution in [2.75, 3.05) is 55.5 Å². The van der Waals surface area contributed by atoms with Crippen LogP contribution in [0.5, 0.6) is 0 Å². The summed E-state index contributed by atoms with van der Waals surface area (Å²) in [6.45, 7) is 2.89. The van der Waals surface area contributed by atoms with Gasteiger partial charge in [-0.1, -0.05) is 0 Å². The van der Waals surface area contributed by atoms with Crippen molar-refractivity contribution >= 4 is 28.8 Å². The zero-order valence-corrected chi connectivity index (χ0v) is 15.2. The molecule has 142 valence electrons. The van der Waals surface area contributed by atoms with Crippen molar-refractivity contribution in [2.45, 2.75) is 0 Å². The van der Waals surface area contributed by atoms with Crippen molar-refractivity contribution in [3.05, 3.63) is 52.2 Å². The average molecular weight is 371 g/mol. The molecule has 1 amide bonds. The molecule has 1 aromatic carbocycles. The molecule has 0 saturated carbocycles. The molecule has 2 aromatic rings. The topological polar surface area (TPSA) is 101 Å². The predicted molar refractivity (Wildman–Crippen MR) is 103 cm³/mol. The Kier molecular flexibility index (Phi) is 5.51. The number of aromatic nitrogens is 1. The largest absolute Gasteiger partial charge is 0.378 e. The molecule has 1 N–H and O–H groups in total. The molecule has 0 aliphatic carbocycles. The van der Waals surface area contributed by atoms with Gasteiger partial charge in [0.05, 0.1) is 35.6 Å². The maximum atomic E-state index is 12.7. The molecule has 1 aliphatic heterocycles. The number of morpholine rings is 1. The van der Waals surface area contributed by atoms with E-state index >= 15 is 0 Å². The zero-order valence-electron chi connectivity index (χ0n) is 15.2. The fourth-order valence-corrected chi connectivity index (χ4v) is 2.85. The van der Waals surface area contributed by atoms with E-state index in [1.54, 1.807) is 37.3 Å². The molecule has 1 aliphatic rings. The van der Waals surface area contributed by atoms with Crippen molar-refractivity contribution in [2.24, 2.45) is 0 Å². The van der Waals surface area contributed by atoms with E-state index in [0.717, 1.165) is 18.9 Å². The Bertz CT molecular complexity index is 832. The Hall–Kier alpha value is -3.20. The maximum absolute atomic E-state index is 12.7. The zero-order chi connectivity index (χ0) is 19.4. The number of benzene rings is 1. The minimum atomic E-state index is -0.519. The van der Waals surface area contributed by atoms with E-state index in [2.05, 4.69) is 15.2 Å². The predicted octanol–water partition coefficient (Wildman–Crippen LogP) is 2.14. The lowest BCUT2D eigenvalue weighted by molar-refractivity contribution is -0.384. The van der Waals surface area contributed by atoms with Gasteiger partial charge in [-0.2, -0.15) is 0 Å². The Morgan fingerprint density at radius 3 is 2.59 bits per heavy atom. The second-order valence-electron chi connectivity index (χ2n) is 6.31. The smallest absolute Gasteiger partial charge is 0.270 e. The lowest BCUT2D eigenvalue weighted by Crippen LogP contribution is -2.36. The number of nitro benzene ring substituents is 1. The summed E-state index contributed by atoms with van der Waals surface area (Å²) in [7, 11) is 3.55. The minimum absolute atomic E-state index is 0.133. The van der Waals surface area contributed by atoms with Crippen LogP contribution < -0.4 is 15.1 Å². The number of pyridine rings is 1. The highest BCUT2D eigenvalue weighted by Crippen LogP contribution is 2.25. The lowest BCUT2D eigenvalue weighted by Gasteiger charge is -2.27. The van der Waals surface area contributed by atoms with Crippen LogP contribution in [0.15, 0.2) is 36.5 Å². The van der Waals surface area contributed by atoms with E-state index in [0.29, 0.717) is 24.6 Å². The summed E-state index contributed by atoms with van der Waals surface area (Å²) in [6.07, 6.45) is 1.58. The van der Waals surface area contributed by atoms with Gasteiger partial charge in [-0.15, -0.1) is 0 Å². The number of nitro groups is 1. The molecule has 0 atom stereocenters. The van der Waals surface area contributed by atoms with Crippen LogP contribution in [0, 0.1) is 10.1 Å². The number of rotatable bonds is 5. The van der Waals surface area contributed by atoms with Crippen LogP contribution in [-0.4, -0.2) is 56.2 Å². The van der Waals surface area contributed by atoms with Crippen LogP contribution in [0.4, 0.5) is 22.9 Å². The number of nitrogens with one attached hydrogen (secondary N) is 1. The van der Waals surface area contributed by atoms with E-state index in [-0.39, 0.29) is 11.3 Å². The lowest BCUT2D eigenvalue weighted by atomic mass is 10.1. The first kappa shape index (κ1) is 18.6. The third-order valence-corrected chi connectivity index (χ3v) is 4.26. The van der Waals surface area contributed by atoms with Gasteiger partial charge in [0.15, 0.2) is 0 Å². The summed E-state index contributed by atoms with van der Waals surface area (Å²) in [5.41, 5.74) is 1.21. The number of hydrogen-bond acceptors (Lipinski definition) is 7. The SMILES string of the molecule is CN(C)c1ccc([N+](=O)[O-])cc1C(=O)Nc1ccc(N2CCOCC2)nc1. The summed E-state index contributed by atoms with van der Waals surface area (Å²) in [6, 6.07) is 7.82. The number of amides is 1. The van der Waals surface area contributed by atoms with Crippen molar-refractivity contribution in [1.29, 1.82) is 0 Å². The second-order valence-corrected chi connectivity index (χ2v) is 6.31. The van der Waals surface area contributed by atoms with Gasteiger partial charge in [0.25, 0.3) is 11.6 Å². The number of ether oxygens (including phenoxy) is 1. The van der Waals surface area contributed by atoms with Gasteiger partial charge in [-0.3, -0.25) is 14.9 Å². The van der Waals surface area contributed by atoms with E-state index in [1.807, 2.05) is 6.07 Å². The van der Waals surface area contributed by atoms with Gasteiger partial charge in [0, 0.05) is 45.0 Å². The van der Waals surface area contributed by atoms with Crippen LogP contribution >= 0.6 is 0 Å². The average Bonchev–Trinajstić information content (AvgIpc) is 2.68. The molecule has 1 aromatic heterocycles. The van der Waals surface area contributed by atoms with E-state index < -0.39 is 10.8 Å². The molecule has 1 fully saturated rings. The molecular weight excluding hydrogens is 350 g/mol. The summed E-state index contributed by atoms with van der Waals surface area (Å²) in [4.78, 5) is 31.4. The molecule has 9 heteroatoms. The van der Waals surface area contributed by atoms with Gasteiger partial charge in [0.1, 0.15) is 5.82 Å². The fraction of sp³-hybridized carbons (Fsp3) is 0.333. The second kappa shape index (κ2) is 8.00. The maximum Gasteiger partial charge on any atom is 0.270 e. The summed E-state index contributed by atoms with van der Waals surface area (Å²) >= 11 is 0. The van der Waals surface area contributed by atoms with Gasteiger partial charge >= 0.3 is 0 Å². The number of nitrogens with zero attached hydrogens (tertiary/aromatic N) is 4. The van der Waals surface area contributed by atoms with E-state index in [9.17, 15) is 14.9 Å². The van der Waals surface area contributed by atoms with Gasteiger partial charge in [-0.25, -0.2) is 4.98 Å². The van der Waals surface area contributed by atoms with Crippen molar-refractivity contribution < 1.29 is 14.5 Å². The van der Waals surface area contributed by atoms with Crippen LogP contribution in [0.1, 0.15) is 10.4 Å². The number of carbonyl (C=O) groups is 1. The first-order valence-corrected chi connectivity index (χ1v) is 8.51. The van der Waals surface area contributed by atoms with Crippen LogP contribution in [0.2, 0.25) is 0 Å². The molecule has 27 heavy (non-hydrogen) atoms. The highest BCUT2D eigenvalue weighted by molar-refractivity contribution is 6.08. The molecular formula is C18H21N5O4. The van der Waals surface area contributed by atoms with Crippen molar-refractivity contribution in [3.8, 4) is 0 Å². The number of anilines is 3. The van der Waals surface area contributed by atoms with Crippen molar-refractivity contribution in [1.82, 2.24) is 4.98 Å². The first-order chi connectivity index (χ1) is 13.0. The third kappa shape index (κ3) is 4.32. The molecule has 0 spiro atoms. The van der Waals surface area contributed by atoms with E-state index in [1.165, 1.54) is 12.1 Å². The molecule has 3 rings (SSSR count). The summed E-state index contributed by atoms with van der Waals surface area (Å²) in [5, 5.41) is 13.8. The molecule has 0 radical (unpaired) electrons. The summed E-state index contributed by atoms with van der Waals surface area (Å²) < 4.78 is 5.33. The van der Waals surface area contributed by atoms with Crippen LogP contribution in [0.25, 0.3) is 0 Å². The third-order valence-electron chi connectivity index (χ3n) is 4.26. The van der Waals surface area contributed by atoms with Gasteiger partial charge in [-0.05, 0) is 18.2 Å². The minimum Gasteiger partial charge on any atom is -0.378 e. The molecule has 2 heterocycles. The van der Waals surface area contributed by atoms with Crippen LogP contribution in [-0.2, 0) is 4.74 Å². The van der Waals surface area contributed by atoms with Crippen molar-refractivity contribution in [3.63, 3.8) is 0 Å². The first-order valence-electron chi connectivity index (χ1n) is 8.51. The quantitative estimate of drug-likeness (QED) is 0.635. The number of hydrogen-bond donors (Lipinski definition) is 1. The number of non-ortho nitro benzene ring substituents is 1. The standard InChI is InChI=1S/C18H21N5O4/c1-21(2)16-5-4-14(23(25)26)11-15(16)18(24)20-13-3-6-17(19-12-13)22-7-9-27-10-8-22/h3-6,11-12H,7-10H2,1-2H3,(H,20,24). The molecule has 1 saturated heterocycles. The van der Waals surface area contributed by atoms with E-state index in [4.69, 9.17) is 4.74 Å². The molecule has 0 unspecified atom stereocenters. The Labute approximate surface area is 156 Å². The Morgan fingerprint density at radius 2 is 2.00 bits per heavy atom. The highest BCUT2D eigenvalue weighted by Gasteiger charge is 2.18. The van der Waals surface area contributed by atoms with Gasteiger partial charge < -0.3 is 19.9 Å². The Balaban J connectivity index is 1.78. The van der Waals surface area contributed by atoms with Gasteiger partial charge in [0.2, 0.25) is 0 Å².